The Labute approximate surface area is 61.4 Å². The van der Waals surface area contributed by atoms with E-state index in [2.05, 4.69) is 0 Å². The van der Waals surface area contributed by atoms with Gasteiger partial charge in [-0.15, -0.1) is 0 Å². The minimum atomic E-state index is -2.22. The zero-order valence-corrected chi connectivity index (χ0v) is 6.79. The van der Waals surface area contributed by atoms with Crippen LogP contribution < -0.4 is 0 Å². The van der Waals surface area contributed by atoms with Gasteiger partial charge in [-0.1, -0.05) is 0 Å². The van der Waals surface area contributed by atoms with Gasteiger partial charge in [0.2, 0.25) is 11.2 Å². The molecule has 42 valence electrons. The summed E-state index contributed by atoms with van der Waals surface area (Å²) in [6, 6.07) is 0. The van der Waals surface area contributed by atoms with Crippen LogP contribution in [0.15, 0.2) is 0 Å². The highest BCUT2D eigenvalue weighted by molar-refractivity contribution is 7.79. The molecular formula is CCl4OP+. The Kier molecular flexibility index (Phi) is 3.19. The lowest BCUT2D eigenvalue weighted by molar-refractivity contribution is 0.596. The Morgan fingerprint density at radius 2 is 1.43 bits per heavy atom. The third-order valence-electron chi connectivity index (χ3n) is 0.199. The van der Waals surface area contributed by atoms with Gasteiger partial charge in [0.15, 0.2) is 0 Å². The Hall–Kier alpha value is 1.26. The first kappa shape index (κ1) is 8.26. The van der Waals surface area contributed by atoms with Crippen LogP contribution in [0.5, 0.6) is 0 Å². The van der Waals surface area contributed by atoms with Crippen molar-refractivity contribution in [2.45, 2.75) is 3.53 Å². The number of rotatable bonds is 0. The van der Waals surface area contributed by atoms with Crippen molar-refractivity contribution in [3.05, 3.63) is 0 Å². The van der Waals surface area contributed by atoms with Crippen LogP contribution in [0.4, 0.5) is 0 Å². The molecule has 7 heavy (non-hydrogen) atoms. The van der Waals surface area contributed by atoms with Crippen molar-refractivity contribution in [3.63, 3.8) is 0 Å². The molecule has 0 amide bonds. The van der Waals surface area contributed by atoms with Crippen LogP contribution in [0.2, 0.25) is 0 Å². The van der Waals surface area contributed by atoms with Crippen LogP contribution in [0.1, 0.15) is 0 Å². The van der Waals surface area contributed by atoms with E-state index in [9.17, 15) is 4.57 Å². The molecule has 0 aromatic heterocycles. The van der Waals surface area contributed by atoms with E-state index >= 15 is 0 Å². The van der Waals surface area contributed by atoms with Gasteiger partial charge in [0.05, 0.1) is 0 Å². The summed E-state index contributed by atoms with van der Waals surface area (Å²) in [5, 5.41) is 0. The smallest absolute Gasteiger partial charge is 0.0466 e. The van der Waals surface area contributed by atoms with Crippen molar-refractivity contribution in [3.8, 4) is 0 Å². The molecule has 0 aromatic rings. The molecule has 0 aliphatic carbocycles. The van der Waals surface area contributed by atoms with E-state index < -0.39 is 10.7 Å². The summed E-state index contributed by atoms with van der Waals surface area (Å²) in [5.74, 6) is 0. The van der Waals surface area contributed by atoms with Gasteiger partial charge in [-0.05, 0) is 39.4 Å². The Morgan fingerprint density at radius 1 is 1.29 bits per heavy atom. The van der Waals surface area contributed by atoms with Crippen molar-refractivity contribution >= 4 is 53.2 Å². The lowest BCUT2D eigenvalue weighted by atomic mass is 11.8. The second-order valence-corrected chi connectivity index (χ2v) is 5.87. The van der Waals surface area contributed by atoms with E-state index in [0.29, 0.717) is 0 Å². The Balaban J connectivity index is 3.79. The van der Waals surface area contributed by atoms with E-state index in [1.165, 1.54) is 0 Å². The zero-order chi connectivity index (χ0) is 6.08. The highest BCUT2D eigenvalue weighted by atomic mass is 35.7. The molecule has 0 aromatic carbocycles. The first-order valence-corrected chi connectivity index (χ1v) is 4.44. The summed E-state index contributed by atoms with van der Waals surface area (Å²) >= 11 is 19.8. The molecule has 0 rings (SSSR count). The lowest BCUT2D eigenvalue weighted by Gasteiger charge is -1.85. The van der Waals surface area contributed by atoms with Crippen LogP contribution in [-0.2, 0) is 4.57 Å². The Morgan fingerprint density at radius 3 is 1.43 bits per heavy atom. The number of hydrogen-bond acceptors (Lipinski definition) is 1. The highest BCUT2D eigenvalue weighted by Crippen LogP contribution is 2.52. The molecule has 6 heteroatoms. The fourth-order valence-electron chi connectivity index (χ4n) is 0. The molecule has 0 spiro atoms. The monoisotopic (exact) mass is 199 g/mol. The summed E-state index contributed by atoms with van der Waals surface area (Å²) in [6.07, 6.45) is 0. The molecule has 0 fully saturated rings. The molecule has 0 heterocycles. The maximum atomic E-state index is 9.98. The van der Waals surface area contributed by atoms with Crippen molar-refractivity contribution in [2.24, 2.45) is 0 Å². The van der Waals surface area contributed by atoms with Gasteiger partial charge in [-0.2, -0.15) is 0 Å². The molecule has 0 aliphatic rings. The van der Waals surface area contributed by atoms with E-state index in [4.69, 9.17) is 46.0 Å². The fraction of sp³-hybridized carbons (Fsp3) is 1.00. The molecule has 0 bridgehead atoms. The van der Waals surface area contributed by atoms with Crippen molar-refractivity contribution in [1.82, 2.24) is 0 Å². The van der Waals surface area contributed by atoms with Crippen LogP contribution in [0.3, 0.4) is 0 Å². The van der Waals surface area contributed by atoms with Gasteiger partial charge >= 0.3 is 10.7 Å². The maximum absolute atomic E-state index is 9.98. The van der Waals surface area contributed by atoms with Gasteiger partial charge in [-0.25, -0.2) is 0 Å². The topological polar surface area (TPSA) is 17.1 Å². The van der Waals surface area contributed by atoms with Crippen LogP contribution in [0, 0.1) is 0 Å². The number of hydrogen-bond donors (Lipinski definition) is 0. The first-order valence-electron chi connectivity index (χ1n) is 1.14. The molecule has 0 saturated carbocycles. The third-order valence-corrected chi connectivity index (χ3v) is 3.52. The minimum absolute atomic E-state index is 1.81. The average Bonchev–Trinajstić information content (AvgIpc) is 1.31. The normalized spacial score (nSPS) is 14.0. The zero-order valence-electron chi connectivity index (χ0n) is 2.87. The summed E-state index contributed by atoms with van der Waals surface area (Å²) in [7, 11) is -2.22. The Bertz CT molecular complexity index is 84.2. The van der Waals surface area contributed by atoms with Crippen LogP contribution in [0.25, 0.3) is 0 Å². The number of halogens is 4. The molecule has 0 N–H and O–H groups in total. The SMILES string of the molecule is O=[P+](Cl)C(Cl)(Cl)Cl. The highest BCUT2D eigenvalue weighted by Gasteiger charge is 2.43. The van der Waals surface area contributed by atoms with E-state index in [1.807, 2.05) is 0 Å². The minimum Gasteiger partial charge on any atom is -0.0466 e. The summed E-state index contributed by atoms with van der Waals surface area (Å²) in [4.78, 5) is 0. The fourth-order valence-corrected chi connectivity index (χ4v) is 0. The predicted octanol–water partition coefficient (Wildman–Crippen LogP) is 3.30. The predicted molar refractivity (Wildman–Crippen MR) is 33.7 cm³/mol. The lowest BCUT2D eigenvalue weighted by Crippen LogP contribution is -1.87. The van der Waals surface area contributed by atoms with Gasteiger partial charge in [-0.3, -0.25) is 0 Å². The van der Waals surface area contributed by atoms with Crippen LogP contribution >= 0.6 is 53.2 Å². The molecule has 1 atom stereocenters. The van der Waals surface area contributed by atoms with Crippen LogP contribution in [-0.4, -0.2) is 3.53 Å². The van der Waals surface area contributed by atoms with Crippen molar-refractivity contribution in [2.75, 3.05) is 0 Å². The molecule has 0 saturated heterocycles. The summed E-state index contributed by atoms with van der Waals surface area (Å²) in [6.45, 7) is 0. The van der Waals surface area contributed by atoms with E-state index in [1.54, 1.807) is 0 Å². The standard InChI is InChI=1S/CCl4OP/c2-1(3,4)7(5)6/q+1. The molecule has 1 nitrogen and oxygen atoms in total. The first-order chi connectivity index (χ1) is 2.94. The average molecular weight is 201 g/mol. The maximum Gasteiger partial charge on any atom is 0.511 e. The van der Waals surface area contributed by atoms with Gasteiger partial charge in [0, 0.05) is 0 Å². The molecular weight excluding hydrogens is 201 g/mol. The molecule has 0 aliphatic heterocycles. The third kappa shape index (κ3) is 3.81. The molecule has 1 unspecified atom stereocenters. The molecule has 0 radical (unpaired) electrons. The van der Waals surface area contributed by atoms with Crippen molar-refractivity contribution in [1.29, 1.82) is 0 Å². The quantitative estimate of drug-likeness (QED) is 0.433. The van der Waals surface area contributed by atoms with Crippen molar-refractivity contribution < 1.29 is 4.57 Å². The number of alkyl halides is 3. The summed E-state index contributed by atoms with van der Waals surface area (Å²) < 4.78 is 8.17. The second kappa shape index (κ2) is 2.70. The largest absolute Gasteiger partial charge is 0.511 e. The van der Waals surface area contributed by atoms with E-state index in [0.717, 1.165) is 0 Å². The van der Waals surface area contributed by atoms with Gasteiger partial charge in [0.25, 0.3) is 0 Å². The van der Waals surface area contributed by atoms with E-state index in [-0.39, 0.29) is 0 Å². The van der Waals surface area contributed by atoms with Gasteiger partial charge < -0.3 is 0 Å². The second-order valence-electron chi connectivity index (χ2n) is 0.713. The summed E-state index contributed by atoms with van der Waals surface area (Å²) in [5.41, 5.74) is 0. The van der Waals surface area contributed by atoms with Gasteiger partial charge in [0.1, 0.15) is 0 Å².